The maximum absolute atomic E-state index is 13.3. The number of carbonyl (C=O) groups excluding carboxylic acids is 2. The van der Waals surface area contributed by atoms with E-state index >= 15 is 0 Å². The number of likely N-dealkylation sites (N-methyl/N-ethyl adjacent to an activating group) is 2. The molecule has 4 aliphatic rings. The molecule has 2 saturated carbocycles. The fraction of sp³-hybridized carbons (Fsp3) is 0.543. The summed E-state index contributed by atoms with van der Waals surface area (Å²) in [6.45, 7) is 4.00. The Hall–Kier alpha value is -4.61. The first-order valence-corrected chi connectivity index (χ1v) is 18.9. The first-order valence-electron chi connectivity index (χ1n) is 18.1. The average Bonchev–Trinajstić information content (AvgIpc) is 3.99. The van der Waals surface area contributed by atoms with Crippen LogP contribution in [0, 0.1) is 0 Å². The highest BCUT2D eigenvalue weighted by molar-refractivity contribution is 9.10. The van der Waals surface area contributed by atoms with Gasteiger partial charge in [-0.05, 0) is 54.5 Å². The lowest BCUT2D eigenvalue weighted by atomic mass is 10.0. The highest BCUT2D eigenvalue weighted by Gasteiger charge is 2.43. The number of hydrogen-bond acceptors (Lipinski definition) is 10. The summed E-state index contributed by atoms with van der Waals surface area (Å²) in [5.41, 5.74) is 1.29. The molecule has 14 nitrogen and oxygen atoms in total. The molecule has 2 aliphatic heterocycles. The second kappa shape index (κ2) is 14.7. The molecule has 0 saturated heterocycles. The van der Waals surface area contributed by atoms with Gasteiger partial charge in [-0.3, -0.25) is 18.7 Å². The van der Waals surface area contributed by atoms with Gasteiger partial charge in [-0.15, -0.1) is 0 Å². The van der Waals surface area contributed by atoms with E-state index in [1.165, 1.54) is 30.1 Å². The van der Waals surface area contributed by atoms with E-state index in [1.54, 1.807) is 28.9 Å². The van der Waals surface area contributed by atoms with Crippen molar-refractivity contribution in [2.75, 3.05) is 33.7 Å². The molecule has 53 heavy (non-hydrogen) atoms. The van der Waals surface area contributed by atoms with Gasteiger partial charge in [0, 0.05) is 51.0 Å². The maximum Gasteiger partial charge on any atom is 0.450 e. The molecule has 2 fully saturated rings. The molecular weight excluding hydrogens is 757 g/mol. The molecule has 282 valence electrons. The summed E-state index contributed by atoms with van der Waals surface area (Å²) in [4.78, 5) is 58.6. The Bertz CT molecular complexity index is 1970. The van der Waals surface area contributed by atoms with Crippen molar-refractivity contribution >= 4 is 50.8 Å². The number of alkyl halides is 3. The van der Waals surface area contributed by atoms with Crippen LogP contribution in [0.5, 0.6) is 0 Å². The van der Waals surface area contributed by atoms with Gasteiger partial charge in [0.15, 0.2) is 16.4 Å². The quantitative estimate of drug-likeness (QED) is 0.225. The molecule has 2 amide bonds. The Labute approximate surface area is 313 Å². The number of fused-ring (bicyclic) bond motifs is 2. The standard InChI is InChI=1S/C18H21F3N6O.C17H21BrN6O/c1-3-12-15(28)25(2)13-10-23-17(26-9-8-22-16(26)18(19,20)21)24-14(13)27(12)11-6-4-5-7-11;1-3-12-15(25)22(2)13-10-20-17(23-9-8-19-16(23)18)21-14(13)24(12)11-6-4-5-7-11/h8-12H,3-7H2,1-2H3;8-12H,3-7H2,1-2H3/t2*12-/m11/s1. The summed E-state index contributed by atoms with van der Waals surface area (Å²) in [5.74, 6) is 0.818. The number of aromatic nitrogens is 8. The molecule has 0 spiro atoms. The van der Waals surface area contributed by atoms with Gasteiger partial charge in [-0.25, -0.2) is 19.9 Å². The van der Waals surface area contributed by atoms with Gasteiger partial charge in [0.05, 0.1) is 12.4 Å². The van der Waals surface area contributed by atoms with E-state index in [1.807, 2.05) is 25.1 Å². The number of hydrogen-bond donors (Lipinski definition) is 0. The lowest BCUT2D eigenvalue weighted by Crippen LogP contribution is -2.55. The third kappa shape index (κ3) is 6.63. The van der Waals surface area contributed by atoms with Crippen molar-refractivity contribution in [1.29, 1.82) is 0 Å². The predicted molar refractivity (Wildman–Crippen MR) is 195 cm³/mol. The van der Waals surface area contributed by atoms with Gasteiger partial charge in [-0.1, -0.05) is 39.5 Å². The van der Waals surface area contributed by atoms with Crippen molar-refractivity contribution in [3.63, 3.8) is 0 Å². The highest BCUT2D eigenvalue weighted by Crippen LogP contribution is 2.41. The number of anilines is 4. The van der Waals surface area contributed by atoms with Crippen LogP contribution in [0.1, 0.15) is 83.9 Å². The fourth-order valence-corrected chi connectivity index (χ4v) is 8.48. The summed E-state index contributed by atoms with van der Waals surface area (Å²) in [5, 5.41) is 0. The zero-order valence-electron chi connectivity index (χ0n) is 30.0. The topological polar surface area (TPSA) is 134 Å². The van der Waals surface area contributed by atoms with Gasteiger partial charge >= 0.3 is 6.18 Å². The molecule has 18 heteroatoms. The van der Waals surface area contributed by atoms with Gasteiger partial charge in [-0.2, -0.15) is 23.1 Å². The van der Waals surface area contributed by atoms with Crippen LogP contribution >= 0.6 is 15.9 Å². The second-order valence-corrected chi connectivity index (χ2v) is 14.5. The Morgan fingerprint density at radius 3 is 1.55 bits per heavy atom. The van der Waals surface area contributed by atoms with E-state index in [0.29, 0.717) is 34.6 Å². The first kappa shape index (κ1) is 36.7. The summed E-state index contributed by atoms with van der Waals surface area (Å²) < 4.78 is 43.1. The zero-order valence-corrected chi connectivity index (χ0v) is 31.6. The van der Waals surface area contributed by atoms with E-state index in [-0.39, 0.29) is 35.9 Å². The van der Waals surface area contributed by atoms with Crippen molar-refractivity contribution < 1.29 is 22.8 Å². The number of imidazole rings is 2. The van der Waals surface area contributed by atoms with Crippen LogP contribution in [-0.2, 0) is 15.8 Å². The molecule has 2 aliphatic carbocycles. The summed E-state index contributed by atoms with van der Waals surface area (Å²) in [6.07, 6.45) is 14.3. The number of rotatable bonds is 6. The molecule has 8 rings (SSSR count). The van der Waals surface area contributed by atoms with E-state index < -0.39 is 12.0 Å². The predicted octanol–water partition coefficient (Wildman–Crippen LogP) is 6.11. The third-order valence-electron chi connectivity index (χ3n) is 10.7. The number of nitrogens with zero attached hydrogens (tertiary/aromatic N) is 12. The number of halogens is 4. The van der Waals surface area contributed by atoms with Crippen LogP contribution in [0.2, 0.25) is 0 Å². The minimum absolute atomic E-state index is 0.0446. The molecule has 0 aromatic carbocycles. The van der Waals surface area contributed by atoms with Crippen molar-refractivity contribution in [3.05, 3.63) is 47.7 Å². The molecule has 6 heterocycles. The Balaban J connectivity index is 0.000000165. The smallest absolute Gasteiger partial charge is 0.340 e. The molecular formula is C35H42BrF3N12O2. The zero-order chi connectivity index (χ0) is 37.6. The van der Waals surface area contributed by atoms with Crippen LogP contribution in [0.3, 0.4) is 0 Å². The number of carbonyl (C=O) groups is 2. The molecule has 0 N–H and O–H groups in total. The van der Waals surface area contributed by atoms with Crippen molar-refractivity contribution in [2.45, 2.75) is 108 Å². The lowest BCUT2D eigenvalue weighted by molar-refractivity contribution is -0.146. The van der Waals surface area contributed by atoms with Gasteiger partial charge in [0.2, 0.25) is 29.5 Å². The minimum atomic E-state index is -4.62. The largest absolute Gasteiger partial charge is 0.450 e. The van der Waals surface area contributed by atoms with E-state index in [9.17, 15) is 22.8 Å². The van der Waals surface area contributed by atoms with E-state index in [0.717, 1.165) is 67.2 Å². The maximum atomic E-state index is 13.3. The summed E-state index contributed by atoms with van der Waals surface area (Å²) in [7, 11) is 3.46. The van der Waals surface area contributed by atoms with Crippen LogP contribution in [0.25, 0.3) is 11.9 Å². The van der Waals surface area contributed by atoms with Crippen LogP contribution in [0.15, 0.2) is 41.9 Å². The lowest BCUT2D eigenvalue weighted by Gasteiger charge is -2.43. The Morgan fingerprint density at radius 1 is 0.698 bits per heavy atom. The summed E-state index contributed by atoms with van der Waals surface area (Å²) >= 11 is 3.42. The van der Waals surface area contributed by atoms with Crippen molar-refractivity contribution in [1.82, 2.24) is 39.0 Å². The first-order chi connectivity index (χ1) is 25.4. The van der Waals surface area contributed by atoms with Crippen LogP contribution in [-0.4, -0.2) is 89.1 Å². The monoisotopic (exact) mass is 798 g/mol. The van der Waals surface area contributed by atoms with Crippen molar-refractivity contribution in [2.24, 2.45) is 0 Å². The van der Waals surface area contributed by atoms with Gasteiger partial charge in [0.1, 0.15) is 23.5 Å². The molecule has 4 aromatic rings. The molecule has 0 radical (unpaired) electrons. The van der Waals surface area contributed by atoms with E-state index in [4.69, 9.17) is 4.98 Å². The van der Waals surface area contributed by atoms with Crippen LogP contribution in [0.4, 0.5) is 36.2 Å². The van der Waals surface area contributed by atoms with Crippen LogP contribution < -0.4 is 19.6 Å². The Morgan fingerprint density at radius 2 is 1.13 bits per heavy atom. The summed E-state index contributed by atoms with van der Waals surface area (Å²) in [6, 6.07) is -0.0212. The normalized spacial score (nSPS) is 20.9. The SMILES string of the molecule is CC[C@@H]1C(=O)N(C)c2cnc(-n3ccnc3Br)nc2N1C1CCCC1.CC[C@@H]1C(=O)N(C)c2cnc(-n3ccnc3C(F)(F)F)nc2N1C1CCCC1. The van der Waals surface area contributed by atoms with E-state index in [2.05, 4.69) is 52.7 Å². The molecule has 0 bridgehead atoms. The third-order valence-corrected chi connectivity index (χ3v) is 11.3. The molecule has 2 atom stereocenters. The Kier molecular flexibility index (Phi) is 10.2. The fourth-order valence-electron chi connectivity index (χ4n) is 8.09. The van der Waals surface area contributed by atoms with Gasteiger partial charge in [0.25, 0.3) is 0 Å². The molecule has 4 aromatic heterocycles. The minimum Gasteiger partial charge on any atom is -0.340 e. The highest BCUT2D eigenvalue weighted by atomic mass is 79.9. The average molecular weight is 800 g/mol. The second-order valence-electron chi connectivity index (χ2n) is 13.8. The molecule has 0 unspecified atom stereocenters. The van der Waals surface area contributed by atoms with Gasteiger partial charge < -0.3 is 19.6 Å². The van der Waals surface area contributed by atoms with Crippen molar-refractivity contribution in [3.8, 4) is 11.9 Å². The number of amides is 2.